The molecule has 66 valence electrons. The molecule has 6 heteroatoms. The van der Waals surface area contributed by atoms with Gasteiger partial charge < -0.3 is 10.5 Å². The Bertz CT molecular complexity index is 279. The Hall–Kier alpha value is -1.46. The molecule has 1 rings (SSSR count). The molecule has 0 bridgehead atoms. The Kier molecular flexibility index (Phi) is 2.37. The number of ether oxygens (including phenoxy) is 1. The van der Waals surface area contributed by atoms with Gasteiger partial charge in [0.15, 0.2) is 5.82 Å². The van der Waals surface area contributed by atoms with Crippen LogP contribution in [0.25, 0.3) is 0 Å². The molecule has 1 aromatic heterocycles. The Morgan fingerprint density at radius 3 is 2.75 bits per heavy atom. The van der Waals surface area contributed by atoms with E-state index in [0.29, 0.717) is 5.69 Å². The second kappa shape index (κ2) is 3.29. The van der Waals surface area contributed by atoms with Crippen LogP contribution >= 0.6 is 0 Å². The van der Waals surface area contributed by atoms with Crippen molar-refractivity contribution in [1.29, 1.82) is 0 Å². The van der Waals surface area contributed by atoms with E-state index in [4.69, 9.17) is 5.73 Å². The highest BCUT2D eigenvalue weighted by Crippen LogP contribution is 2.16. The molecule has 4 nitrogen and oxygen atoms in total. The quantitative estimate of drug-likeness (QED) is 0.727. The summed E-state index contributed by atoms with van der Waals surface area (Å²) in [6, 6.07) is 0. The largest absolute Gasteiger partial charge is 0.413 e. The van der Waals surface area contributed by atoms with E-state index in [9.17, 15) is 8.78 Å². The van der Waals surface area contributed by atoms with Crippen molar-refractivity contribution < 1.29 is 13.5 Å². The van der Waals surface area contributed by atoms with E-state index in [0.717, 1.165) is 0 Å². The van der Waals surface area contributed by atoms with Crippen LogP contribution in [0, 0.1) is 6.92 Å². The van der Waals surface area contributed by atoms with Crippen LogP contribution < -0.4 is 10.5 Å². The van der Waals surface area contributed by atoms with Crippen molar-refractivity contribution in [3.8, 4) is 5.88 Å². The molecule has 0 aliphatic carbocycles. The molecule has 1 aromatic rings. The molecule has 0 atom stereocenters. The molecule has 0 unspecified atom stereocenters. The van der Waals surface area contributed by atoms with E-state index >= 15 is 0 Å². The lowest BCUT2D eigenvalue weighted by Crippen LogP contribution is -2.07. The van der Waals surface area contributed by atoms with Gasteiger partial charge in [-0.15, -0.1) is 0 Å². The zero-order valence-corrected chi connectivity index (χ0v) is 6.29. The molecule has 0 saturated carbocycles. The molecule has 2 N–H and O–H groups in total. The van der Waals surface area contributed by atoms with E-state index in [1.165, 1.54) is 6.20 Å². The van der Waals surface area contributed by atoms with E-state index in [1.54, 1.807) is 6.92 Å². The van der Waals surface area contributed by atoms with Crippen molar-refractivity contribution >= 4 is 5.82 Å². The fourth-order valence-electron chi connectivity index (χ4n) is 0.660. The number of nitrogen functional groups attached to an aromatic ring is 1. The maximum Gasteiger partial charge on any atom is 0.388 e. The van der Waals surface area contributed by atoms with Crippen LogP contribution in [-0.4, -0.2) is 16.6 Å². The minimum absolute atomic E-state index is 0.129. The van der Waals surface area contributed by atoms with Gasteiger partial charge in [-0.25, -0.2) is 9.97 Å². The van der Waals surface area contributed by atoms with Gasteiger partial charge in [0, 0.05) is 0 Å². The van der Waals surface area contributed by atoms with Crippen LogP contribution in [0.5, 0.6) is 5.88 Å². The molecule has 12 heavy (non-hydrogen) atoms. The van der Waals surface area contributed by atoms with Crippen LogP contribution in [0.15, 0.2) is 6.20 Å². The third-order valence-corrected chi connectivity index (χ3v) is 1.09. The van der Waals surface area contributed by atoms with Crippen LogP contribution in [0.4, 0.5) is 14.6 Å². The van der Waals surface area contributed by atoms with Crippen molar-refractivity contribution in [3.05, 3.63) is 11.9 Å². The minimum Gasteiger partial charge on any atom is -0.413 e. The number of nitrogens with two attached hydrogens (primary N) is 1. The van der Waals surface area contributed by atoms with E-state index < -0.39 is 6.61 Å². The number of hydrogen-bond acceptors (Lipinski definition) is 4. The zero-order valence-electron chi connectivity index (χ0n) is 6.29. The number of halogens is 2. The van der Waals surface area contributed by atoms with Gasteiger partial charge in [0.05, 0.1) is 11.9 Å². The lowest BCUT2D eigenvalue weighted by atomic mass is 10.5. The van der Waals surface area contributed by atoms with Gasteiger partial charge in [-0.2, -0.15) is 8.78 Å². The zero-order chi connectivity index (χ0) is 9.14. The molecule has 0 aromatic carbocycles. The molecule has 0 aliphatic rings. The summed E-state index contributed by atoms with van der Waals surface area (Å²) in [5.74, 6) is -0.467. The van der Waals surface area contributed by atoms with Crippen molar-refractivity contribution in [1.82, 2.24) is 9.97 Å². The molecule has 0 saturated heterocycles. The van der Waals surface area contributed by atoms with Crippen LogP contribution in [0.1, 0.15) is 5.69 Å². The molecule has 0 spiro atoms. The summed E-state index contributed by atoms with van der Waals surface area (Å²) in [7, 11) is 0. The molecule has 0 amide bonds. The van der Waals surface area contributed by atoms with Gasteiger partial charge in [0.25, 0.3) is 5.88 Å². The topological polar surface area (TPSA) is 61.0 Å². The maximum atomic E-state index is 11.7. The van der Waals surface area contributed by atoms with Crippen LogP contribution in [0.3, 0.4) is 0 Å². The maximum absolute atomic E-state index is 11.7. The molecular weight excluding hydrogens is 168 g/mol. The summed E-state index contributed by atoms with van der Waals surface area (Å²) in [6.07, 6.45) is 1.30. The van der Waals surface area contributed by atoms with Gasteiger partial charge in [-0.3, -0.25) is 0 Å². The van der Waals surface area contributed by atoms with E-state index in [2.05, 4.69) is 14.7 Å². The number of aromatic nitrogens is 2. The summed E-state index contributed by atoms with van der Waals surface area (Å²) in [4.78, 5) is 7.21. The molecule has 1 heterocycles. The van der Waals surface area contributed by atoms with Crippen molar-refractivity contribution in [2.75, 3.05) is 5.73 Å². The third kappa shape index (κ3) is 2.01. The van der Waals surface area contributed by atoms with Crippen molar-refractivity contribution in [3.63, 3.8) is 0 Å². The number of rotatable bonds is 2. The first-order chi connectivity index (χ1) is 5.59. The average Bonchev–Trinajstić information content (AvgIpc) is 1.94. The van der Waals surface area contributed by atoms with Crippen molar-refractivity contribution in [2.45, 2.75) is 13.5 Å². The Morgan fingerprint density at radius 2 is 2.25 bits per heavy atom. The summed E-state index contributed by atoms with van der Waals surface area (Å²) in [6.45, 7) is -1.28. The Balaban J connectivity index is 2.86. The fourth-order valence-corrected chi connectivity index (χ4v) is 0.660. The lowest BCUT2D eigenvalue weighted by Gasteiger charge is -2.04. The van der Waals surface area contributed by atoms with Gasteiger partial charge >= 0.3 is 6.61 Å². The molecular formula is C6H7F2N3O. The van der Waals surface area contributed by atoms with Crippen LogP contribution in [0.2, 0.25) is 0 Å². The molecule has 0 aliphatic heterocycles. The first-order valence-corrected chi connectivity index (χ1v) is 3.13. The smallest absolute Gasteiger partial charge is 0.388 e. The Labute approximate surface area is 67.4 Å². The normalized spacial score (nSPS) is 10.3. The number of hydrogen-bond donors (Lipinski definition) is 1. The highest BCUT2D eigenvalue weighted by atomic mass is 19.3. The highest BCUT2D eigenvalue weighted by molar-refractivity contribution is 5.39. The van der Waals surface area contributed by atoms with E-state index in [1.807, 2.05) is 0 Å². The van der Waals surface area contributed by atoms with Crippen LogP contribution in [-0.2, 0) is 0 Å². The average molecular weight is 175 g/mol. The van der Waals surface area contributed by atoms with E-state index in [-0.39, 0.29) is 11.7 Å². The lowest BCUT2D eigenvalue weighted by molar-refractivity contribution is -0.0525. The molecule has 0 radical (unpaired) electrons. The first-order valence-electron chi connectivity index (χ1n) is 3.13. The third-order valence-electron chi connectivity index (χ3n) is 1.09. The summed E-state index contributed by atoms with van der Waals surface area (Å²) in [5, 5.41) is 0. The predicted molar refractivity (Wildman–Crippen MR) is 37.8 cm³/mol. The van der Waals surface area contributed by atoms with Gasteiger partial charge in [-0.05, 0) is 6.92 Å². The number of aryl methyl sites for hydroxylation is 1. The summed E-state index contributed by atoms with van der Waals surface area (Å²) < 4.78 is 27.3. The summed E-state index contributed by atoms with van der Waals surface area (Å²) >= 11 is 0. The van der Waals surface area contributed by atoms with Gasteiger partial charge in [0.1, 0.15) is 0 Å². The second-order valence-corrected chi connectivity index (χ2v) is 2.08. The van der Waals surface area contributed by atoms with Gasteiger partial charge in [0.2, 0.25) is 0 Å². The highest BCUT2D eigenvalue weighted by Gasteiger charge is 2.09. The first kappa shape index (κ1) is 8.63. The summed E-state index contributed by atoms with van der Waals surface area (Å²) in [5.41, 5.74) is 5.79. The standard InChI is InChI=1S/C6H7F2N3O/c1-3-2-10-5(4(9)11-3)12-6(7)8/h2,6H,1H3,(H2,9,11). The number of anilines is 1. The minimum atomic E-state index is -2.93. The SMILES string of the molecule is Cc1cnc(OC(F)F)c(N)n1. The molecule has 0 fully saturated rings. The Morgan fingerprint density at radius 1 is 1.58 bits per heavy atom. The number of alkyl halides is 2. The number of nitrogens with zero attached hydrogens (tertiary/aromatic N) is 2. The fraction of sp³-hybridized carbons (Fsp3) is 0.333. The monoisotopic (exact) mass is 175 g/mol. The van der Waals surface area contributed by atoms with Crippen molar-refractivity contribution in [2.24, 2.45) is 0 Å². The second-order valence-electron chi connectivity index (χ2n) is 2.08. The van der Waals surface area contributed by atoms with Gasteiger partial charge in [-0.1, -0.05) is 0 Å². The predicted octanol–water partition coefficient (Wildman–Crippen LogP) is 0.969.